The van der Waals surface area contributed by atoms with E-state index in [9.17, 15) is 10.2 Å². The van der Waals surface area contributed by atoms with Gasteiger partial charge in [-0.3, -0.25) is 4.90 Å². The van der Waals surface area contributed by atoms with Crippen LogP contribution < -0.4 is 5.32 Å². The van der Waals surface area contributed by atoms with Gasteiger partial charge in [-0.15, -0.1) is 0 Å². The summed E-state index contributed by atoms with van der Waals surface area (Å²) in [7, 11) is 0. The number of nitrogens with zero attached hydrogens (tertiary/aromatic N) is 1. The standard InChI is InChI=1S/C16H30N2O2/c1-2-16(20)9-12-7-14(8-13(12)10-16)17-11-15(19)18-5-3-4-6-18/h12-15,17,19-20H,2-11H2,1H3. The lowest BCUT2D eigenvalue weighted by molar-refractivity contribution is 0.0174. The van der Waals surface area contributed by atoms with Gasteiger partial charge in [-0.05, 0) is 56.8 Å². The Morgan fingerprint density at radius 2 is 1.80 bits per heavy atom. The van der Waals surface area contributed by atoms with Crippen molar-refractivity contribution in [1.82, 2.24) is 10.2 Å². The quantitative estimate of drug-likeness (QED) is 0.712. The predicted octanol–water partition coefficient (Wildman–Crippen LogP) is 1.32. The summed E-state index contributed by atoms with van der Waals surface area (Å²) in [5.74, 6) is 1.39. The fourth-order valence-electron chi connectivity index (χ4n) is 4.67. The molecule has 3 N–H and O–H groups in total. The highest BCUT2D eigenvalue weighted by atomic mass is 16.3. The van der Waals surface area contributed by atoms with Crippen molar-refractivity contribution < 1.29 is 10.2 Å². The smallest absolute Gasteiger partial charge is 0.119 e. The Labute approximate surface area is 122 Å². The van der Waals surface area contributed by atoms with Crippen LogP contribution in [0, 0.1) is 11.8 Å². The third-order valence-electron chi connectivity index (χ3n) is 5.93. The SMILES string of the molecule is CCC1(O)CC2CC(NCC(O)N3CCCC3)CC2C1. The molecule has 1 aliphatic heterocycles. The van der Waals surface area contributed by atoms with Gasteiger partial charge in [0, 0.05) is 25.7 Å². The summed E-state index contributed by atoms with van der Waals surface area (Å²) in [5, 5.41) is 24.1. The van der Waals surface area contributed by atoms with Crippen LogP contribution in [0.15, 0.2) is 0 Å². The Balaban J connectivity index is 1.41. The van der Waals surface area contributed by atoms with Crippen LogP contribution in [-0.4, -0.2) is 52.6 Å². The minimum Gasteiger partial charge on any atom is -0.390 e. The van der Waals surface area contributed by atoms with Crippen molar-refractivity contribution in [2.45, 2.75) is 69.7 Å². The number of aliphatic hydroxyl groups excluding tert-OH is 1. The fraction of sp³-hybridized carbons (Fsp3) is 1.00. The van der Waals surface area contributed by atoms with E-state index in [-0.39, 0.29) is 11.8 Å². The lowest BCUT2D eigenvalue weighted by atomic mass is 9.94. The Hall–Kier alpha value is -0.160. The van der Waals surface area contributed by atoms with Crippen molar-refractivity contribution in [3.8, 4) is 0 Å². The van der Waals surface area contributed by atoms with Crippen LogP contribution in [0.3, 0.4) is 0 Å². The minimum atomic E-state index is -0.380. The highest BCUT2D eigenvalue weighted by Gasteiger charge is 2.47. The molecule has 0 spiro atoms. The number of rotatable bonds is 5. The van der Waals surface area contributed by atoms with Crippen LogP contribution in [0.5, 0.6) is 0 Å². The predicted molar refractivity (Wildman–Crippen MR) is 79.3 cm³/mol. The maximum atomic E-state index is 10.4. The summed E-state index contributed by atoms with van der Waals surface area (Å²) in [6.45, 7) is 4.88. The van der Waals surface area contributed by atoms with Gasteiger partial charge in [0.1, 0.15) is 6.23 Å². The molecule has 3 fully saturated rings. The maximum absolute atomic E-state index is 10.4. The van der Waals surface area contributed by atoms with E-state index >= 15 is 0 Å². The highest BCUT2D eigenvalue weighted by Crippen LogP contribution is 2.49. The molecule has 0 aromatic carbocycles. The van der Waals surface area contributed by atoms with E-state index in [0.29, 0.717) is 24.4 Å². The molecule has 2 saturated carbocycles. The summed E-state index contributed by atoms with van der Waals surface area (Å²) in [6.07, 6.45) is 7.36. The second-order valence-electron chi connectivity index (χ2n) is 7.31. The second kappa shape index (κ2) is 5.91. The van der Waals surface area contributed by atoms with Gasteiger partial charge < -0.3 is 15.5 Å². The lowest BCUT2D eigenvalue weighted by Crippen LogP contribution is -2.43. The first-order chi connectivity index (χ1) is 9.59. The van der Waals surface area contributed by atoms with E-state index < -0.39 is 0 Å². The molecule has 3 unspecified atom stereocenters. The number of fused-ring (bicyclic) bond motifs is 1. The molecule has 3 rings (SSSR count). The van der Waals surface area contributed by atoms with Gasteiger partial charge in [-0.25, -0.2) is 0 Å². The molecule has 0 radical (unpaired) electrons. The van der Waals surface area contributed by atoms with Gasteiger partial charge in [0.15, 0.2) is 0 Å². The van der Waals surface area contributed by atoms with Gasteiger partial charge in [-0.1, -0.05) is 6.92 Å². The summed E-state index contributed by atoms with van der Waals surface area (Å²) in [4.78, 5) is 2.18. The van der Waals surface area contributed by atoms with Crippen LogP contribution in [-0.2, 0) is 0 Å². The normalized spacial score (nSPS) is 43.0. The zero-order chi connectivity index (χ0) is 14.2. The number of likely N-dealkylation sites (tertiary alicyclic amines) is 1. The van der Waals surface area contributed by atoms with Crippen LogP contribution in [0.4, 0.5) is 0 Å². The first kappa shape index (κ1) is 14.8. The van der Waals surface area contributed by atoms with Crippen molar-refractivity contribution in [3.63, 3.8) is 0 Å². The topological polar surface area (TPSA) is 55.7 Å². The van der Waals surface area contributed by atoms with E-state index in [0.717, 1.165) is 32.4 Å². The summed E-state index contributed by atoms with van der Waals surface area (Å²) in [5.41, 5.74) is -0.380. The minimum absolute atomic E-state index is 0.314. The first-order valence-electron chi connectivity index (χ1n) is 8.47. The first-order valence-corrected chi connectivity index (χ1v) is 8.47. The molecule has 4 nitrogen and oxygen atoms in total. The number of aliphatic hydroxyl groups is 2. The monoisotopic (exact) mass is 282 g/mol. The van der Waals surface area contributed by atoms with Crippen molar-refractivity contribution in [2.75, 3.05) is 19.6 Å². The fourth-order valence-corrected chi connectivity index (χ4v) is 4.67. The molecule has 1 saturated heterocycles. The molecule has 0 bridgehead atoms. The van der Waals surface area contributed by atoms with E-state index in [2.05, 4.69) is 17.1 Å². The summed E-state index contributed by atoms with van der Waals surface area (Å²) in [6, 6.07) is 0.545. The highest BCUT2D eigenvalue weighted by molar-refractivity contribution is 5.00. The zero-order valence-corrected chi connectivity index (χ0v) is 12.7. The second-order valence-corrected chi connectivity index (χ2v) is 7.31. The zero-order valence-electron chi connectivity index (χ0n) is 12.7. The van der Waals surface area contributed by atoms with Gasteiger partial charge in [0.2, 0.25) is 0 Å². The van der Waals surface area contributed by atoms with Crippen molar-refractivity contribution in [3.05, 3.63) is 0 Å². The Morgan fingerprint density at radius 1 is 1.20 bits per heavy atom. The van der Waals surface area contributed by atoms with Crippen molar-refractivity contribution in [1.29, 1.82) is 0 Å². The van der Waals surface area contributed by atoms with E-state index in [1.807, 2.05) is 0 Å². The van der Waals surface area contributed by atoms with Crippen LogP contribution in [0.2, 0.25) is 0 Å². The molecular weight excluding hydrogens is 252 g/mol. The molecule has 3 aliphatic rings. The van der Waals surface area contributed by atoms with E-state index in [1.165, 1.54) is 25.7 Å². The lowest BCUT2D eigenvalue weighted by Gasteiger charge is -2.26. The molecule has 116 valence electrons. The molecule has 0 aromatic heterocycles. The average molecular weight is 282 g/mol. The van der Waals surface area contributed by atoms with Crippen molar-refractivity contribution in [2.24, 2.45) is 11.8 Å². The van der Waals surface area contributed by atoms with Crippen LogP contribution in [0.1, 0.15) is 51.9 Å². The van der Waals surface area contributed by atoms with Gasteiger partial charge in [0.25, 0.3) is 0 Å². The Morgan fingerprint density at radius 3 is 2.35 bits per heavy atom. The summed E-state index contributed by atoms with van der Waals surface area (Å²) < 4.78 is 0. The molecule has 0 amide bonds. The molecule has 1 heterocycles. The van der Waals surface area contributed by atoms with Gasteiger partial charge in [0.05, 0.1) is 5.60 Å². The Bertz CT molecular complexity index is 316. The third-order valence-corrected chi connectivity index (χ3v) is 5.93. The van der Waals surface area contributed by atoms with E-state index in [1.54, 1.807) is 0 Å². The third kappa shape index (κ3) is 3.03. The Kier molecular flexibility index (Phi) is 4.37. The number of hydrogen-bond acceptors (Lipinski definition) is 4. The molecule has 0 aromatic rings. The molecule has 20 heavy (non-hydrogen) atoms. The van der Waals surface area contributed by atoms with Crippen molar-refractivity contribution >= 4 is 0 Å². The van der Waals surface area contributed by atoms with E-state index in [4.69, 9.17) is 0 Å². The molecule has 4 heteroatoms. The summed E-state index contributed by atoms with van der Waals surface area (Å²) >= 11 is 0. The largest absolute Gasteiger partial charge is 0.390 e. The van der Waals surface area contributed by atoms with Crippen LogP contribution in [0.25, 0.3) is 0 Å². The van der Waals surface area contributed by atoms with Gasteiger partial charge >= 0.3 is 0 Å². The molecule has 3 atom stereocenters. The average Bonchev–Trinajstić information content (AvgIpc) is 3.10. The maximum Gasteiger partial charge on any atom is 0.119 e. The molecular formula is C16H30N2O2. The molecule has 2 aliphatic carbocycles. The van der Waals surface area contributed by atoms with Crippen LogP contribution >= 0.6 is 0 Å². The van der Waals surface area contributed by atoms with Gasteiger partial charge in [-0.2, -0.15) is 0 Å². The number of hydrogen-bond donors (Lipinski definition) is 3. The number of nitrogens with one attached hydrogen (secondary N) is 1.